The molecule has 1 unspecified atom stereocenters. The van der Waals surface area contributed by atoms with Crippen molar-refractivity contribution in [2.45, 2.75) is 18.6 Å². The SMILES string of the molecule is N#Cc1ccc(C2CC(SNc3cc(F)c(C(F)(F)F)cc3F)=CN2)cc1. The fourth-order valence-electron chi connectivity index (χ4n) is 2.55. The smallest absolute Gasteiger partial charge is 0.383 e. The van der Waals surface area contributed by atoms with Gasteiger partial charge in [0.25, 0.3) is 0 Å². The van der Waals surface area contributed by atoms with E-state index in [9.17, 15) is 22.0 Å². The van der Waals surface area contributed by atoms with Crippen LogP contribution >= 0.6 is 11.9 Å². The predicted octanol–water partition coefficient (Wildman–Crippen LogP) is 5.49. The van der Waals surface area contributed by atoms with E-state index in [1.54, 1.807) is 18.3 Å². The van der Waals surface area contributed by atoms with E-state index in [0.717, 1.165) is 22.4 Å². The molecule has 0 saturated carbocycles. The first kappa shape index (κ1) is 19.0. The number of benzene rings is 2. The average molecular weight is 397 g/mol. The summed E-state index contributed by atoms with van der Waals surface area (Å²) in [5.41, 5.74) is -0.514. The van der Waals surface area contributed by atoms with Gasteiger partial charge in [-0.25, -0.2) is 8.78 Å². The first-order valence-electron chi connectivity index (χ1n) is 7.72. The normalized spacial score (nSPS) is 16.4. The van der Waals surface area contributed by atoms with Crippen molar-refractivity contribution >= 4 is 17.6 Å². The molecule has 1 heterocycles. The van der Waals surface area contributed by atoms with Crippen molar-refractivity contribution in [3.05, 3.63) is 75.8 Å². The number of nitriles is 1. The summed E-state index contributed by atoms with van der Waals surface area (Å²) in [4.78, 5) is 0.768. The van der Waals surface area contributed by atoms with Crippen LogP contribution in [0, 0.1) is 23.0 Å². The highest BCUT2D eigenvalue weighted by Gasteiger charge is 2.35. The van der Waals surface area contributed by atoms with Gasteiger partial charge in [0.05, 0.1) is 28.9 Å². The topological polar surface area (TPSA) is 47.9 Å². The van der Waals surface area contributed by atoms with E-state index in [-0.39, 0.29) is 17.8 Å². The van der Waals surface area contributed by atoms with E-state index in [1.165, 1.54) is 0 Å². The van der Waals surface area contributed by atoms with Gasteiger partial charge in [0, 0.05) is 23.6 Å². The highest BCUT2D eigenvalue weighted by Crippen LogP contribution is 2.37. The summed E-state index contributed by atoms with van der Waals surface area (Å²) in [6.07, 6.45) is -2.71. The molecule has 27 heavy (non-hydrogen) atoms. The summed E-state index contributed by atoms with van der Waals surface area (Å²) >= 11 is 0.988. The van der Waals surface area contributed by atoms with E-state index in [0.29, 0.717) is 18.1 Å². The Balaban J connectivity index is 1.63. The van der Waals surface area contributed by atoms with Crippen LogP contribution in [0.1, 0.15) is 29.2 Å². The molecule has 3 rings (SSSR count). The molecule has 0 amide bonds. The minimum atomic E-state index is -4.96. The number of nitrogens with zero attached hydrogens (tertiary/aromatic N) is 1. The third kappa shape index (κ3) is 4.34. The third-order valence-electron chi connectivity index (χ3n) is 3.95. The second-order valence-corrected chi connectivity index (χ2v) is 6.71. The number of rotatable bonds is 4. The number of hydrogen-bond acceptors (Lipinski definition) is 4. The van der Waals surface area contributed by atoms with Gasteiger partial charge in [-0.3, -0.25) is 0 Å². The lowest BCUT2D eigenvalue weighted by Gasteiger charge is -2.13. The maximum atomic E-state index is 13.8. The Morgan fingerprint density at radius 3 is 2.44 bits per heavy atom. The Kier molecular flexibility index (Phi) is 5.28. The van der Waals surface area contributed by atoms with Gasteiger partial charge in [0.2, 0.25) is 0 Å². The van der Waals surface area contributed by atoms with Gasteiger partial charge in [-0.1, -0.05) is 12.1 Å². The largest absolute Gasteiger partial charge is 0.419 e. The fraction of sp³-hybridized carbons (Fsp3) is 0.167. The van der Waals surface area contributed by atoms with Crippen LogP contribution < -0.4 is 10.0 Å². The van der Waals surface area contributed by atoms with Crippen LogP contribution in [0.3, 0.4) is 0 Å². The molecule has 0 fully saturated rings. The molecule has 3 nitrogen and oxygen atoms in total. The van der Waals surface area contributed by atoms with Crippen molar-refractivity contribution in [3.63, 3.8) is 0 Å². The molecule has 0 spiro atoms. The van der Waals surface area contributed by atoms with Gasteiger partial charge in [0.15, 0.2) is 0 Å². The van der Waals surface area contributed by atoms with Gasteiger partial charge < -0.3 is 10.0 Å². The number of nitrogens with one attached hydrogen (secondary N) is 2. The molecule has 2 aromatic carbocycles. The second kappa shape index (κ2) is 7.48. The highest BCUT2D eigenvalue weighted by molar-refractivity contribution is 8.04. The van der Waals surface area contributed by atoms with E-state index in [2.05, 4.69) is 10.0 Å². The lowest BCUT2D eigenvalue weighted by molar-refractivity contribution is -0.140. The van der Waals surface area contributed by atoms with Crippen molar-refractivity contribution in [1.82, 2.24) is 5.32 Å². The maximum absolute atomic E-state index is 13.8. The van der Waals surface area contributed by atoms with Crippen molar-refractivity contribution in [1.29, 1.82) is 5.26 Å². The van der Waals surface area contributed by atoms with Crippen LogP contribution in [-0.4, -0.2) is 0 Å². The molecule has 1 aliphatic heterocycles. The summed E-state index contributed by atoms with van der Waals surface area (Å²) < 4.78 is 67.7. The van der Waals surface area contributed by atoms with Crippen LogP contribution in [-0.2, 0) is 6.18 Å². The quantitative estimate of drug-likeness (QED) is 0.529. The molecular formula is C18H12F5N3S. The summed E-state index contributed by atoms with van der Waals surface area (Å²) in [5.74, 6) is -2.73. The first-order chi connectivity index (χ1) is 12.8. The molecule has 1 aliphatic rings. The lowest BCUT2D eigenvalue weighted by atomic mass is 10.0. The Morgan fingerprint density at radius 2 is 1.81 bits per heavy atom. The molecule has 0 radical (unpaired) electrons. The van der Waals surface area contributed by atoms with E-state index in [4.69, 9.17) is 5.26 Å². The Morgan fingerprint density at radius 1 is 1.11 bits per heavy atom. The first-order valence-corrected chi connectivity index (χ1v) is 8.54. The Labute approximate surface area is 156 Å². The van der Waals surface area contributed by atoms with Crippen molar-refractivity contribution in [3.8, 4) is 6.07 Å². The van der Waals surface area contributed by atoms with Gasteiger partial charge >= 0.3 is 6.18 Å². The zero-order valence-electron chi connectivity index (χ0n) is 13.6. The van der Waals surface area contributed by atoms with E-state index >= 15 is 0 Å². The number of alkyl halides is 3. The molecule has 0 aliphatic carbocycles. The predicted molar refractivity (Wildman–Crippen MR) is 92.3 cm³/mol. The number of anilines is 1. The minimum absolute atomic E-state index is 0.0452. The molecule has 0 saturated heterocycles. The van der Waals surface area contributed by atoms with Crippen molar-refractivity contribution in [2.24, 2.45) is 0 Å². The molecule has 2 aromatic rings. The molecule has 9 heteroatoms. The number of halogens is 5. The zero-order valence-corrected chi connectivity index (χ0v) is 14.4. The van der Waals surface area contributed by atoms with Crippen LogP contribution in [0.4, 0.5) is 27.6 Å². The molecule has 140 valence electrons. The second-order valence-electron chi connectivity index (χ2n) is 5.78. The van der Waals surface area contributed by atoms with Gasteiger partial charge in [-0.15, -0.1) is 0 Å². The van der Waals surface area contributed by atoms with Gasteiger partial charge in [0.1, 0.15) is 11.6 Å². The third-order valence-corrected chi connectivity index (χ3v) is 4.82. The standard InChI is InChI=1S/C18H12F5N3S/c19-14-7-17(15(20)6-13(14)18(21,22)23)26-27-12-5-16(25-9-12)11-3-1-10(8-24)2-4-11/h1-4,6-7,9,16,25-26H,5H2. The number of hydrogen-bond donors (Lipinski definition) is 2. The molecule has 0 bridgehead atoms. The highest BCUT2D eigenvalue weighted by atomic mass is 32.2. The molecular weight excluding hydrogens is 385 g/mol. The Bertz CT molecular complexity index is 916. The monoisotopic (exact) mass is 397 g/mol. The summed E-state index contributed by atoms with van der Waals surface area (Å²) in [7, 11) is 0. The van der Waals surface area contributed by atoms with Crippen LogP contribution in [0.15, 0.2) is 47.5 Å². The van der Waals surface area contributed by atoms with Gasteiger partial charge in [-0.2, -0.15) is 18.4 Å². The van der Waals surface area contributed by atoms with Crippen molar-refractivity contribution < 1.29 is 22.0 Å². The molecule has 2 N–H and O–H groups in total. The maximum Gasteiger partial charge on any atom is 0.419 e. The minimum Gasteiger partial charge on any atom is -0.383 e. The lowest BCUT2D eigenvalue weighted by Crippen LogP contribution is -2.09. The Hall–Kier alpha value is -2.73. The molecule has 1 atom stereocenters. The van der Waals surface area contributed by atoms with Crippen molar-refractivity contribution in [2.75, 3.05) is 4.72 Å². The van der Waals surface area contributed by atoms with Crippen LogP contribution in [0.2, 0.25) is 0 Å². The summed E-state index contributed by atoms with van der Waals surface area (Å²) in [6.45, 7) is 0. The van der Waals surface area contributed by atoms with Crippen LogP contribution in [0.25, 0.3) is 0 Å². The summed E-state index contributed by atoms with van der Waals surface area (Å²) in [6, 6.07) is 9.64. The fourth-order valence-corrected chi connectivity index (χ4v) is 3.32. The average Bonchev–Trinajstić information content (AvgIpc) is 3.10. The van der Waals surface area contributed by atoms with E-state index in [1.807, 2.05) is 18.2 Å². The zero-order chi connectivity index (χ0) is 19.6. The van der Waals surface area contributed by atoms with Gasteiger partial charge in [-0.05, 0) is 35.7 Å². The molecule has 0 aromatic heterocycles. The van der Waals surface area contributed by atoms with E-state index < -0.39 is 23.4 Å². The summed E-state index contributed by atoms with van der Waals surface area (Å²) in [5, 5.41) is 11.9. The van der Waals surface area contributed by atoms with Crippen LogP contribution in [0.5, 0.6) is 0 Å².